The molecule has 0 unspecified atom stereocenters. The van der Waals surface area contributed by atoms with E-state index in [0.717, 1.165) is 0 Å². The minimum Gasteiger partial charge on any atom is -0.480 e. The molecule has 0 saturated heterocycles. The number of aliphatic carboxylic acids is 1. The molecule has 4 nitrogen and oxygen atoms in total. The van der Waals surface area contributed by atoms with Crippen molar-refractivity contribution in [1.29, 1.82) is 0 Å². The zero-order valence-electron chi connectivity index (χ0n) is 13.2. The molecule has 0 aliphatic heterocycles. The van der Waals surface area contributed by atoms with Crippen LogP contribution in [-0.4, -0.2) is 23.7 Å². The Morgan fingerprint density at radius 1 is 1.22 bits per heavy atom. The molecule has 0 spiro atoms. The number of carboxylic acids is 1. The number of benzene rings is 2. The van der Waals surface area contributed by atoms with E-state index in [9.17, 15) is 9.90 Å². The number of likely N-dealkylation sites (N-methyl/N-ethyl adjacent to an activating group) is 1. The number of hydrogen-bond acceptors (Lipinski definition) is 3. The third-order valence-electron chi connectivity index (χ3n) is 3.59. The van der Waals surface area contributed by atoms with Gasteiger partial charge in [-0.05, 0) is 43.7 Å². The van der Waals surface area contributed by atoms with E-state index >= 15 is 0 Å². The Balaban J connectivity index is 2.43. The van der Waals surface area contributed by atoms with Gasteiger partial charge in [0, 0.05) is 11.6 Å². The fourth-order valence-electron chi connectivity index (χ4n) is 2.50. The second kappa shape index (κ2) is 7.88. The minimum atomic E-state index is -0.861. The highest BCUT2D eigenvalue weighted by atomic mass is 35.5. The van der Waals surface area contributed by atoms with E-state index in [4.69, 9.17) is 16.3 Å². The van der Waals surface area contributed by atoms with Crippen molar-refractivity contribution in [2.75, 3.05) is 11.4 Å². The third kappa shape index (κ3) is 4.17. The van der Waals surface area contributed by atoms with Gasteiger partial charge in [0.15, 0.2) is 5.75 Å². The van der Waals surface area contributed by atoms with Crippen LogP contribution >= 0.6 is 11.6 Å². The largest absolute Gasteiger partial charge is 0.480 e. The standard InChI is InChI=1S/C18H20ClNO3/c1-3-15(18(21)22)20(4-2)16-12-13(19)10-11-17(16)23-14-8-6-5-7-9-14/h5-12,15H,3-4H2,1-2H3,(H,21,22)/t15-/m0/s1. The average molecular weight is 334 g/mol. The quantitative estimate of drug-likeness (QED) is 0.789. The highest BCUT2D eigenvalue weighted by Gasteiger charge is 2.25. The highest BCUT2D eigenvalue weighted by molar-refractivity contribution is 6.31. The van der Waals surface area contributed by atoms with Gasteiger partial charge in [0.1, 0.15) is 11.8 Å². The summed E-state index contributed by atoms with van der Waals surface area (Å²) in [6.07, 6.45) is 0.487. The van der Waals surface area contributed by atoms with Crippen molar-refractivity contribution in [2.24, 2.45) is 0 Å². The van der Waals surface area contributed by atoms with Crippen molar-refractivity contribution >= 4 is 23.3 Å². The molecule has 0 aliphatic carbocycles. The Bertz CT molecular complexity index is 661. The minimum absolute atomic E-state index is 0.487. The summed E-state index contributed by atoms with van der Waals surface area (Å²) in [5.41, 5.74) is 0.679. The molecule has 0 heterocycles. The molecule has 1 N–H and O–H groups in total. The van der Waals surface area contributed by atoms with E-state index in [-0.39, 0.29) is 0 Å². The molecule has 0 amide bonds. The molecule has 0 fully saturated rings. The first-order valence-corrected chi connectivity index (χ1v) is 7.96. The van der Waals surface area contributed by atoms with Gasteiger partial charge in [0.05, 0.1) is 5.69 Å². The molecular weight excluding hydrogens is 314 g/mol. The second-order valence-electron chi connectivity index (χ2n) is 5.08. The maximum Gasteiger partial charge on any atom is 0.326 e. The van der Waals surface area contributed by atoms with Crippen LogP contribution < -0.4 is 9.64 Å². The zero-order chi connectivity index (χ0) is 16.8. The topological polar surface area (TPSA) is 49.8 Å². The summed E-state index contributed by atoms with van der Waals surface area (Å²) >= 11 is 6.12. The first-order valence-electron chi connectivity index (χ1n) is 7.58. The van der Waals surface area contributed by atoms with Crippen LogP contribution in [0.4, 0.5) is 5.69 Å². The Hall–Kier alpha value is -2.20. The Labute approximate surface area is 141 Å². The lowest BCUT2D eigenvalue weighted by molar-refractivity contribution is -0.138. The highest BCUT2D eigenvalue weighted by Crippen LogP contribution is 2.36. The molecule has 0 saturated carbocycles. The number of anilines is 1. The van der Waals surface area contributed by atoms with Crippen molar-refractivity contribution in [2.45, 2.75) is 26.3 Å². The van der Waals surface area contributed by atoms with E-state index in [2.05, 4.69) is 0 Å². The molecular formula is C18H20ClNO3. The lowest BCUT2D eigenvalue weighted by Crippen LogP contribution is -2.41. The number of nitrogens with zero attached hydrogens (tertiary/aromatic N) is 1. The summed E-state index contributed by atoms with van der Waals surface area (Å²) in [6.45, 7) is 4.30. The Kier molecular flexibility index (Phi) is 5.88. The molecule has 0 aliphatic rings. The van der Waals surface area contributed by atoms with E-state index in [0.29, 0.717) is 35.2 Å². The number of carboxylic acid groups (broad SMARTS) is 1. The SMILES string of the molecule is CC[C@@H](C(=O)O)N(CC)c1cc(Cl)ccc1Oc1ccccc1. The first-order chi connectivity index (χ1) is 11.1. The van der Waals surface area contributed by atoms with Crippen LogP contribution in [0.15, 0.2) is 48.5 Å². The van der Waals surface area contributed by atoms with Crippen molar-refractivity contribution in [3.8, 4) is 11.5 Å². The van der Waals surface area contributed by atoms with Crippen LogP contribution in [0.5, 0.6) is 11.5 Å². The molecule has 2 aromatic carbocycles. The molecule has 122 valence electrons. The van der Waals surface area contributed by atoms with Crippen LogP contribution in [0, 0.1) is 0 Å². The maximum atomic E-state index is 11.5. The lowest BCUT2D eigenvalue weighted by atomic mass is 10.1. The van der Waals surface area contributed by atoms with E-state index in [1.165, 1.54) is 0 Å². The summed E-state index contributed by atoms with van der Waals surface area (Å²) < 4.78 is 5.93. The number of ether oxygens (including phenoxy) is 1. The summed E-state index contributed by atoms with van der Waals surface area (Å²) in [4.78, 5) is 13.3. The number of hydrogen-bond donors (Lipinski definition) is 1. The first kappa shape index (κ1) is 17.2. The van der Waals surface area contributed by atoms with Gasteiger partial charge in [-0.25, -0.2) is 4.79 Å². The fourth-order valence-corrected chi connectivity index (χ4v) is 2.67. The number of para-hydroxylation sites is 1. The smallest absolute Gasteiger partial charge is 0.326 e. The van der Waals surface area contributed by atoms with Gasteiger partial charge in [0.25, 0.3) is 0 Å². The van der Waals surface area contributed by atoms with Gasteiger partial charge in [-0.15, -0.1) is 0 Å². The van der Waals surface area contributed by atoms with E-state index in [1.807, 2.05) is 44.2 Å². The summed E-state index contributed by atoms with van der Waals surface area (Å²) in [6, 6.07) is 14.0. The predicted molar refractivity (Wildman–Crippen MR) is 92.7 cm³/mol. The molecule has 5 heteroatoms. The third-order valence-corrected chi connectivity index (χ3v) is 3.83. The fraction of sp³-hybridized carbons (Fsp3) is 0.278. The van der Waals surface area contributed by atoms with Crippen LogP contribution in [0.1, 0.15) is 20.3 Å². The van der Waals surface area contributed by atoms with Gasteiger partial charge in [-0.3, -0.25) is 0 Å². The van der Waals surface area contributed by atoms with Crippen molar-refractivity contribution in [3.63, 3.8) is 0 Å². The summed E-state index contributed by atoms with van der Waals surface area (Å²) in [7, 11) is 0. The van der Waals surface area contributed by atoms with Gasteiger partial charge in [-0.2, -0.15) is 0 Å². The monoisotopic (exact) mass is 333 g/mol. The van der Waals surface area contributed by atoms with Crippen LogP contribution in [-0.2, 0) is 4.79 Å². The molecule has 0 aromatic heterocycles. The summed E-state index contributed by atoms with van der Waals surface area (Å²) in [5.74, 6) is 0.414. The van der Waals surface area contributed by atoms with Crippen molar-refractivity contribution < 1.29 is 14.6 Å². The van der Waals surface area contributed by atoms with Crippen LogP contribution in [0.25, 0.3) is 0 Å². The van der Waals surface area contributed by atoms with E-state index in [1.54, 1.807) is 23.1 Å². The van der Waals surface area contributed by atoms with Gasteiger partial charge in [0.2, 0.25) is 0 Å². The zero-order valence-corrected chi connectivity index (χ0v) is 14.0. The molecule has 0 bridgehead atoms. The number of rotatable bonds is 7. The normalized spacial score (nSPS) is 11.8. The van der Waals surface area contributed by atoms with Crippen LogP contribution in [0.3, 0.4) is 0 Å². The van der Waals surface area contributed by atoms with Crippen molar-refractivity contribution in [1.82, 2.24) is 0 Å². The van der Waals surface area contributed by atoms with Gasteiger partial charge in [-0.1, -0.05) is 36.7 Å². The van der Waals surface area contributed by atoms with E-state index < -0.39 is 12.0 Å². The molecule has 23 heavy (non-hydrogen) atoms. The Morgan fingerprint density at radius 2 is 1.91 bits per heavy atom. The lowest BCUT2D eigenvalue weighted by Gasteiger charge is -2.30. The van der Waals surface area contributed by atoms with Gasteiger partial charge < -0.3 is 14.7 Å². The molecule has 2 aromatic rings. The van der Waals surface area contributed by atoms with Gasteiger partial charge >= 0.3 is 5.97 Å². The average Bonchev–Trinajstić information content (AvgIpc) is 2.55. The second-order valence-corrected chi connectivity index (χ2v) is 5.51. The summed E-state index contributed by atoms with van der Waals surface area (Å²) in [5, 5.41) is 10.0. The Morgan fingerprint density at radius 3 is 2.48 bits per heavy atom. The number of carbonyl (C=O) groups is 1. The molecule has 1 atom stereocenters. The maximum absolute atomic E-state index is 11.5. The molecule has 2 rings (SSSR count). The number of halogens is 1. The van der Waals surface area contributed by atoms with Crippen LogP contribution in [0.2, 0.25) is 5.02 Å². The predicted octanol–water partition coefficient (Wildman–Crippen LogP) is 4.82. The van der Waals surface area contributed by atoms with Crippen molar-refractivity contribution in [3.05, 3.63) is 53.6 Å². The molecule has 0 radical (unpaired) electrons.